The van der Waals surface area contributed by atoms with E-state index in [2.05, 4.69) is 0 Å². The van der Waals surface area contributed by atoms with Crippen molar-refractivity contribution in [1.82, 2.24) is 4.57 Å². The van der Waals surface area contributed by atoms with Gasteiger partial charge in [0, 0.05) is 22.3 Å². The van der Waals surface area contributed by atoms with Gasteiger partial charge in [0.15, 0.2) is 0 Å². The molecule has 7 heteroatoms. The summed E-state index contributed by atoms with van der Waals surface area (Å²) in [5.74, 6) is -0.646. The molecule has 0 atom stereocenters. The fourth-order valence-corrected chi connectivity index (χ4v) is 4.14. The Morgan fingerprint density at radius 3 is 2.70 bits per heavy atom. The predicted octanol–water partition coefficient (Wildman–Crippen LogP) is 3.51. The Morgan fingerprint density at radius 1 is 1.30 bits per heavy atom. The molecule has 0 unspecified atom stereocenters. The van der Waals surface area contributed by atoms with Crippen molar-refractivity contribution < 1.29 is 15.0 Å². The maximum absolute atomic E-state index is 12.6. The number of carboxylic acids is 1. The zero-order valence-electron chi connectivity index (χ0n) is 11.9. The lowest BCUT2D eigenvalue weighted by atomic mass is 10.0. The number of benzene rings is 1. The first-order valence-corrected chi connectivity index (χ1v) is 8.51. The van der Waals surface area contributed by atoms with E-state index < -0.39 is 11.5 Å². The van der Waals surface area contributed by atoms with Crippen LogP contribution in [0, 0.1) is 0 Å². The van der Waals surface area contributed by atoms with E-state index in [9.17, 15) is 19.8 Å². The van der Waals surface area contributed by atoms with E-state index in [0.717, 1.165) is 34.6 Å². The maximum atomic E-state index is 12.6. The number of thioether (sulfide) groups is 1. The molecule has 1 saturated carbocycles. The molecule has 4 rings (SSSR count). The van der Waals surface area contributed by atoms with Gasteiger partial charge in [0.05, 0.1) is 10.7 Å². The quantitative estimate of drug-likeness (QED) is 0.867. The van der Waals surface area contributed by atoms with Crippen LogP contribution in [-0.4, -0.2) is 20.7 Å². The molecule has 0 saturated heterocycles. The van der Waals surface area contributed by atoms with Crippen LogP contribution in [-0.2, 0) is 5.75 Å². The minimum Gasteiger partial charge on any atom is -0.506 e. The summed E-state index contributed by atoms with van der Waals surface area (Å²) in [5, 5.41) is 19.3. The Bertz CT molecular complexity index is 917. The van der Waals surface area contributed by atoms with Gasteiger partial charge in [-0.05, 0) is 36.6 Å². The van der Waals surface area contributed by atoms with Crippen molar-refractivity contribution in [2.75, 3.05) is 0 Å². The lowest BCUT2D eigenvalue weighted by Crippen LogP contribution is -2.29. The lowest BCUT2D eigenvalue weighted by molar-refractivity contribution is 0.0694. The van der Waals surface area contributed by atoms with E-state index in [0.29, 0.717) is 5.75 Å². The van der Waals surface area contributed by atoms with Crippen molar-refractivity contribution in [2.24, 2.45) is 0 Å². The number of phenolic OH excluding ortho intramolecular Hbond substituents is 1. The molecular formula is C16H12ClNO4S. The topological polar surface area (TPSA) is 79.5 Å². The number of aromatic carboxylic acids is 1. The monoisotopic (exact) mass is 349 g/mol. The predicted molar refractivity (Wildman–Crippen MR) is 87.6 cm³/mol. The van der Waals surface area contributed by atoms with Gasteiger partial charge < -0.3 is 14.8 Å². The van der Waals surface area contributed by atoms with Gasteiger partial charge in [-0.15, -0.1) is 11.8 Å². The van der Waals surface area contributed by atoms with Crippen molar-refractivity contribution in [3.8, 4) is 17.0 Å². The number of carbonyl (C=O) groups is 1. The molecule has 1 aromatic carbocycles. The Morgan fingerprint density at radius 2 is 2.04 bits per heavy atom. The molecule has 5 nitrogen and oxygen atoms in total. The molecule has 0 spiro atoms. The van der Waals surface area contributed by atoms with Crippen LogP contribution in [0.4, 0.5) is 0 Å². The lowest BCUT2D eigenvalue weighted by Gasteiger charge is -2.24. The first-order chi connectivity index (χ1) is 11.0. The SMILES string of the molecule is O=C(O)c1cc2c(n(C3CC3)c1=O)-c1cc(Cl)c(O)cc1SC2. The number of rotatable bonds is 2. The molecule has 2 aromatic rings. The van der Waals surface area contributed by atoms with Crippen LogP contribution < -0.4 is 5.56 Å². The number of pyridine rings is 1. The average molecular weight is 350 g/mol. The smallest absolute Gasteiger partial charge is 0.341 e. The number of phenols is 1. The molecule has 1 aliphatic heterocycles. The number of aromatic hydroxyl groups is 1. The van der Waals surface area contributed by atoms with Gasteiger partial charge >= 0.3 is 5.97 Å². The second-order valence-electron chi connectivity index (χ2n) is 5.73. The third-order valence-corrected chi connectivity index (χ3v) is 5.55. The van der Waals surface area contributed by atoms with Crippen LogP contribution >= 0.6 is 23.4 Å². The average Bonchev–Trinajstić information content (AvgIpc) is 3.32. The summed E-state index contributed by atoms with van der Waals surface area (Å²) >= 11 is 7.53. The van der Waals surface area contributed by atoms with E-state index in [4.69, 9.17) is 11.6 Å². The molecule has 2 aliphatic rings. The number of fused-ring (bicyclic) bond motifs is 3. The molecule has 2 N–H and O–H groups in total. The number of hydrogen-bond acceptors (Lipinski definition) is 4. The number of halogens is 1. The Labute approximate surface area is 140 Å². The highest BCUT2D eigenvalue weighted by Gasteiger charge is 2.33. The summed E-state index contributed by atoms with van der Waals surface area (Å²) in [5.41, 5.74) is 1.66. The summed E-state index contributed by atoms with van der Waals surface area (Å²) in [6.45, 7) is 0. The molecular weight excluding hydrogens is 338 g/mol. The first-order valence-electron chi connectivity index (χ1n) is 7.14. The fourth-order valence-electron chi connectivity index (χ4n) is 2.94. The zero-order valence-corrected chi connectivity index (χ0v) is 13.4. The Hall–Kier alpha value is -1.92. The fraction of sp³-hybridized carbons (Fsp3) is 0.250. The maximum Gasteiger partial charge on any atom is 0.341 e. The Kier molecular flexibility index (Phi) is 3.21. The van der Waals surface area contributed by atoms with Crippen molar-refractivity contribution in [3.63, 3.8) is 0 Å². The minimum atomic E-state index is -1.20. The van der Waals surface area contributed by atoms with Gasteiger partial charge in [-0.25, -0.2) is 4.79 Å². The summed E-state index contributed by atoms with van der Waals surface area (Å²) in [6, 6.07) is 4.75. The van der Waals surface area contributed by atoms with Gasteiger partial charge in [0.1, 0.15) is 11.3 Å². The van der Waals surface area contributed by atoms with Gasteiger partial charge in [-0.1, -0.05) is 11.6 Å². The van der Waals surface area contributed by atoms with Gasteiger partial charge in [-0.2, -0.15) is 0 Å². The first kappa shape index (κ1) is 14.7. The normalized spacial score (nSPS) is 15.9. The molecule has 0 radical (unpaired) electrons. The van der Waals surface area contributed by atoms with Crippen LogP contribution in [0.15, 0.2) is 27.9 Å². The van der Waals surface area contributed by atoms with Crippen molar-refractivity contribution in [1.29, 1.82) is 0 Å². The highest BCUT2D eigenvalue weighted by Crippen LogP contribution is 2.47. The van der Waals surface area contributed by atoms with Crippen LogP contribution in [0.25, 0.3) is 11.3 Å². The minimum absolute atomic E-state index is 0.00356. The van der Waals surface area contributed by atoms with Crippen LogP contribution in [0.5, 0.6) is 5.75 Å². The molecule has 2 heterocycles. The van der Waals surface area contributed by atoms with Crippen molar-refractivity contribution in [2.45, 2.75) is 29.5 Å². The number of carboxylic acid groups (broad SMARTS) is 1. The zero-order chi connectivity index (χ0) is 16.3. The second kappa shape index (κ2) is 5.04. The van der Waals surface area contributed by atoms with Crippen molar-refractivity contribution in [3.05, 3.63) is 44.7 Å². The van der Waals surface area contributed by atoms with Crippen LogP contribution in [0.1, 0.15) is 34.8 Å². The van der Waals surface area contributed by atoms with Crippen LogP contribution in [0.2, 0.25) is 5.02 Å². The molecule has 1 aromatic heterocycles. The highest BCUT2D eigenvalue weighted by atomic mass is 35.5. The largest absolute Gasteiger partial charge is 0.506 e. The van der Waals surface area contributed by atoms with E-state index in [1.165, 1.54) is 17.8 Å². The van der Waals surface area contributed by atoms with E-state index in [-0.39, 0.29) is 22.4 Å². The summed E-state index contributed by atoms with van der Waals surface area (Å²) in [4.78, 5) is 24.8. The molecule has 0 bridgehead atoms. The number of aromatic nitrogens is 1. The summed E-state index contributed by atoms with van der Waals surface area (Å²) in [7, 11) is 0. The van der Waals surface area contributed by atoms with Crippen LogP contribution in [0.3, 0.4) is 0 Å². The van der Waals surface area contributed by atoms with Gasteiger partial charge in [0.2, 0.25) is 0 Å². The second-order valence-corrected chi connectivity index (χ2v) is 7.16. The Balaban J connectivity index is 2.07. The summed E-state index contributed by atoms with van der Waals surface area (Å²) in [6.07, 6.45) is 1.73. The van der Waals surface area contributed by atoms with E-state index in [1.54, 1.807) is 16.7 Å². The number of nitrogens with zero attached hydrogens (tertiary/aromatic N) is 1. The standard InChI is InChI=1S/C16H12ClNO4S/c17-11-4-9-13(5-12(11)19)23-6-7-3-10(16(21)22)15(20)18(14(7)9)8-1-2-8/h3-5,8,19H,1-2,6H2,(H,21,22). The molecule has 23 heavy (non-hydrogen) atoms. The van der Waals surface area contributed by atoms with E-state index in [1.807, 2.05) is 0 Å². The third-order valence-electron chi connectivity index (χ3n) is 4.14. The van der Waals surface area contributed by atoms with Crippen molar-refractivity contribution >= 4 is 29.3 Å². The number of hydrogen-bond donors (Lipinski definition) is 2. The molecule has 0 amide bonds. The van der Waals surface area contributed by atoms with Gasteiger partial charge in [0.25, 0.3) is 5.56 Å². The van der Waals surface area contributed by atoms with E-state index >= 15 is 0 Å². The molecule has 1 aliphatic carbocycles. The molecule has 118 valence electrons. The third kappa shape index (κ3) is 2.24. The summed E-state index contributed by atoms with van der Waals surface area (Å²) < 4.78 is 1.60. The highest BCUT2D eigenvalue weighted by molar-refractivity contribution is 7.98. The molecule has 1 fully saturated rings. The van der Waals surface area contributed by atoms with Gasteiger partial charge in [-0.3, -0.25) is 4.79 Å².